The molecule has 0 N–H and O–H groups in total. The van der Waals surface area contributed by atoms with Crippen LogP contribution in [0.5, 0.6) is 0 Å². The van der Waals surface area contributed by atoms with Gasteiger partial charge in [-0.25, -0.2) is 0 Å². The van der Waals surface area contributed by atoms with Gasteiger partial charge in [-0.3, -0.25) is 9.69 Å². The molecule has 2 fully saturated rings. The van der Waals surface area contributed by atoms with E-state index in [-0.39, 0.29) is 17.2 Å². The van der Waals surface area contributed by atoms with E-state index in [0.29, 0.717) is 26.3 Å². The minimum atomic E-state index is -0.381. The first kappa shape index (κ1) is 17.3. The number of hydrogen-bond donors (Lipinski definition) is 0. The second-order valence-corrected chi connectivity index (χ2v) is 7.50. The molecule has 2 aliphatic rings. The normalized spacial score (nSPS) is 26.0. The van der Waals surface area contributed by atoms with Crippen LogP contribution in [0, 0.1) is 18.3 Å². The number of rotatable bonds is 5. The Morgan fingerprint density at radius 2 is 2.31 bits per heavy atom. The number of nitrogens with zero attached hydrogens (tertiary/aromatic N) is 3. The highest BCUT2D eigenvalue weighted by Crippen LogP contribution is 2.44. The van der Waals surface area contributed by atoms with E-state index in [1.165, 1.54) is 0 Å². The molecule has 7 nitrogen and oxygen atoms in total. The Labute approximate surface area is 152 Å². The lowest BCUT2D eigenvalue weighted by molar-refractivity contribution is -0.149. The molecule has 2 aromatic heterocycles. The van der Waals surface area contributed by atoms with Crippen LogP contribution in [-0.4, -0.2) is 54.2 Å². The van der Waals surface area contributed by atoms with Gasteiger partial charge in [0.15, 0.2) is 0 Å². The number of aromatic nitrogens is 1. The molecule has 140 valence electrons. The number of likely N-dealkylation sites (tertiary alicyclic amines) is 1. The third kappa shape index (κ3) is 3.05. The van der Waals surface area contributed by atoms with Gasteiger partial charge in [0.25, 0.3) is 0 Å². The molecule has 7 heteroatoms. The Balaban J connectivity index is 1.51. The summed E-state index contributed by atoms with van der Waals surface area (Å²) < 4.78 is 16.0. The van der Waals surface area contributed by atoms with Crippen LogP contribution in [0.1, 0.15) is 23.4 Å². The van der Waals surface area contributed by atoms with Gasteiger partial charge in [-0.1, -0.05) is 5.16 Å². The summed E-state index contributed by atoms with van der Waals surface area (Å²) in [6, 6.07) is 3.81. The minimum absolute atomic E-state index is 0.203. The van der Waals surface area contributed by atoms with Gasteiger partial charge >= 0.3 is 0 Å². The summed E-state index contributed by atoms with van der Waals surface area (Å²) in [6.07, 6.45) is 4.03. The summed E-state index contributed by atoms with van der Waals surface area (Å²) in [5.74, 6) is 1.28. The second kappa shape index (κ2) is 6.89. The minimum Gasteiger partial charge on any atom is -0.469 e. The van der Waals surface area contributed by atoms with Crippen molar-refractivity contribution in [2.75, 3.05) is 33.4 Å². The summed E-state index contributed by atoms with van der Waals surface area (Å²) in [5, 5.41) is 4.01. The molecule has 0 radical (unpaired) electrons. The van der Waals surface area contributed by atoms with Crippen LogP contribution in [0.25, 0.3) is 0 Å². The lowest BCUT2D eigenvalue weighted by atomic mass is 9.73. The van der Waals surface area contributed by atoms with Crippen molar-refractivity contribution in [2.45, 2.75) is 26.4 Å². The maximum atomic E-state index is 13.5. The van der Waals surface area contributed by atoms with Crippen LogP contribution < -0.4 is 0 Å². The van der Waals surface area contributed by atoms with Crippen LogP contribution in [0.3, 0.4) is 0 Å². The van der Waals surface area contributed by atoms with Crippen LogP contribution in [-0.2, 0) is 22.6 Å². The van der Waals surface area contributed by atoms with E-state index in [9.17, 15) is 4.79 Å². The van der Waals surface area contributed by atoms with E-state index in [0.717, 1.165) is 36.5 Å². The molecule has 2 aromatic rings. The average molecular weight is 359 g/mol. The van der Waals surface area contributed by atoms with E-state index in [4.69, 9.17) is 13.7 Å². The maximum Gasteiger partial charge on any atom is 0.230 e. The number of furan rings is 1. The van der Waals surface area contributed by atoms with Gasteiger partial charge in [0.2, 0.25) is 5.91 Å². The topological polar surface area (TPSA) is 72.0 Å². The fourth-order valence-corrected chi connectivity index (χ4v) is 4.35. The standard InChI is InChI=1S/C19H25N3O4/c1-14-15(3-6-25-14)9-21(2)18(23)19-5-8-24-12-16(19)10-22(13-19)11-17-4-7-26-20-17/h3-4,6-7,16H,5,8-13H2,1-2H3. The number of aryl methyl sites for hydroxylation is 1. The summed E-state index contributed by atoms with van der Waals surface area (Å²) in [4.78, 5) is 17.6. The average Bonchev–Trinajstić information content (AvgIpc) is 3.35. The highest BCUT2D eigenvalue weighted by molar-refractivity contribution is 5.83. The summed E-state index contributed by atoms with van der Waals surface area (Å²) >= 11 is 0. The molecule has 2 atom stereocenters. The van der Waals surface area contributed by atoms with E-state index >= 15 is 0 Å². The third-order valence-corrected chi connectivity index (χ3v) is 5.80. The number of carbonyl (C=O) groups is 1. The van der Waals surface area contributed by atoms with Crippen molar-refractivity contribution in [3.05, 3.63) is 41.7 Å². The van der Waals surface area contributed by atoms with Crippen molar-refractivity contribution in [3.8, 4) is 0 Å². The number of carbonyl (C=O) groups excluding carboxylic acids is 1. The number of ether oxygens (including phenoxy) is 1. The van der Waals surface area contributed by atoms with Crippen LogP contribution in [0.15, 0.2) is 33.6 Å². The van der Waals surface area contributed by atoms with Gasteiger partial charge in [0.05, 0.1) is 24.0 Å². The molecule has 4 heterocycles. The molecule has 1 amide bonds. The number of amides is 1. The molecule has 4 rings (SSSR count). The summed E-state index contributed by atoms with van der Waals surface area (Å²) in [6.45, 7) is 6.06. The maximum absolute atomic E-state index is 13.5. The smallest absolute Gasteiger partial charge is 0.230 e. The lowest BCUT2D eigenvalue weighted by Crippen LogP contribution is -2.50. The van der Waals surface area contributed by atoms with E-state index in [1.54, 1.807) is 12.5 Å². The number of hydrogen-bond acceptors (Lipinski definition) is 6. The fraction of sp³-hybridized carbons (Fsp3) is 0.579. The Kier molecular flexibility index (Phi) is 4.58. The zero-order valence-corrected chi connectivity index (χ0v) is 15.3. The van der Waals surface area contributed by atoms with Crippen molar-refractivity contribution in [2.24, 2.45) is 11.3 Å². The molecular formula is C19H25N3O4. The molecule has 0 spiro atoms. The van der Waals surface area contributed by atoms with Crippen molar-refractivity contribution < 1.29 is 18.5 Å². The molecule has 0 aromatic carbocycles. The van der Waals surface area contributed by atoms with Gasteiger partial charge in [-0.05, 0) is 19.4 Å². The van der Waals surface area contributed by atoms with Crippen LogP contribution in [0.2, 0.25) is 0 Å². The van der Waals surface area contributed by atoms with Gasteiger partial charge < -0.3 is 18.6 Å². The fourth-order valence-electron chi connectivity index (χ4n) is 4.35. The molecule has 26 heavy (non-hydrogen) atoms. The molecule has 0 aliphatic carbocycles. The lowest BCUT2D eigenvalue weighted by Gasteiger charge is -2.39. The summed E-state index contributed by atoms with van der Waals surface area (Å²) in [5.41, 5.74) is 1.57. The highest BCUT2D eigenvalue weighted by atomic mass is 16.5. The number of fused-ring (bicyclic) bond motifs is 1. The Hall–Kier alpha value is -2.12. The zero-order chi connectivity index (χ0) is 18.1. The summed E-state index contributed by atoms with van der Waals surface area (Å²) in [7, 11) is 1.89. The Morgan fingerprint density at radius 1 is 1.42 bits per heavy atom. The third-order valence-electron chi connectivity index (χ3n) is 5.80. The van der Waals surface area contributed by atoms with Crippen molar-refractivity contribution in [3.63, 3.8) is 0 Å². The first-order valence-electron chi connectivity index (χ1n) is 9.06. The molecular weight excluding hydrogens is 334 g/mol. The molecule has 2 unspecified atom stereocenters. The van der Waals surface area contributed by atoms with Gasteiger partial charge in [0.1, 0.15) is 12.0 Å². The zero-order valence-electron chi connectivity index (χ0n) is 15.3. The molecule has 2 aliphatic heterocycles. The quantitative estimate of drug-likeness (QED) is 0.814. The van der Waals surface area contributed by atoms with Crippen molar-refractivity contribution in [1.29, 1.82) is 0 Å². The van der Waals surface area contributed by atoms with E-state index < -0.39 is 0 Å². The Bertz CT molecular complexity index is 757. The van der Waals surface area contributed by atoms with Gasteiger partial charge in [0, 0.05) is 57.4 Å². The van der Waals surface area contributed by atoms with E-state index in [2.05, 4.69) is 10.1 Å². The SMILES string of the molecule is Cc1occc1CN(C)C(=O)C12CCOCC1CN(Cc1ccon1)C2. The van der Waals surface area contributed by atoms with Gasteiger partial charge in [-0.2, -0.15) is 0 Å². The second-order valence-electron chi connectivity index (χ2n) is 7.50. The van der Waals surface area contributed by atoms with Crippen molar-refractivity contribution in [1.82, 2.24) is 15.0 Å². The predicted molar refractivity (Wildman–Crippen MR) is 93.1 cm³/mol. The first-order chi connectivity index (χ1) is 12.6. The first-order valence-corrected chi connectivity index (χ1v) is 9.06. The molecule has 0 saturated carbocycles. The largest absolute Gasteiger partial charge is 0.469 e. The highest BCUT2D eigenvalue weighted by Gasteiger charge is 2.54. The van der Waals surface area contributed by atoms with Crippen LogP contribution in [0.4, 0.5) is 0 Å². The van der Waals surface area contributed by atoms with Crippen LogP contribution >= 0.6 is 0 Å². The van der Waals surface area contributed by atoms with E-state index in [1.807, 2.05) is 31.0 Å². The van der Waals surface area contributed by atoms with Crippen molar-refractivity contribution >= 4 is 5.91 Å². The molecule has 2 saturated heterocycles. The monoisotopic (exact) mass is 359 g/mol. The molecule has 0 bridgehead atoms. The predicted octanol–water partition coefficient (Wildman–Crippen LogP) is 2.07. The Morgan fingerprint density at radius 3 is 3.04 bits per heavy atom. The van der Waals surface area contributed by atoms with Gasteiger partial charge in [-0.15, -0.1) is 0 Å².